The summed E-state index contributed by atoms with van der Waals surface area (Å²) in [4.78, 5) is 17.0. The van der Waals surface area contributed by atoms with E-state index in [1.165, 1.54) is 0 Å². The summed E-state index contributed by atoms with van der Waals surface area (Å²) in [6.45, 7) is 2.06. The van der Waals surface area contributed by atoms with Crippen molar-refractivity contribution in [1.82, 2.24) is 10.3 Å². The summed E-state index contributed by atoms with van der Waals surface area (Å²) in [6.07, 6.45) is 2.19. The summed E-state index contributed by atoms with van der Waals surface area (Å²) >= 11 is 0. The fourth-order valence-corrected chi connectivity index (χ4v) is 2.66. The van der Waals surface area contributed by atoms with Crippen LogP contribution in [0.1, 0.15) is 40.5 Å². The molecule has 0 aliphatic carbocycles. The molecule has 2 aromatic rings. The molecule has 1 aromatic heterocycles. The van der Waals surface area contributed by atoms with Crippen LogP contribution in [0.5, 0.6) is 0 Å². The van der Waals surface area contributed by atoms with Crippen LogP contribution < -0.4 is 5.32 Å². The van der Waals surface area contributed by atoms with Gasteiger partial charge in [-0.05, 0) is 38.1 Å². The molecule has 3 rings (SSSR count). The van der Waals surface area contributed by atoms with Crippen LogP contribution in [0.15, 0.2) is 48.5 Å². The van der Waals surface area contributed by atoms with Crippen LogP contribution in [0.25, 0.3) is 0 Å². The van der Waals surface area contributed by atoms with E-state index in [0.29, 0.717) is 17.2 Å². The minimum atomic E-state index is 0.00128. The summed E-state index contributed by atoms with van der Waals surface area (Å²) in [7, 11) is 0. The van der Waals surface area contributed by atoms with Gasteiger partial charge in [0.1, 0.15) is 5.69 Å². The fraction of sp³-hybridized carbons (Fsp3) is 0.294. The Morgan fingerprint density at radius 2 is 1.75 bits per heavy atom. The Hall–Kier alpha value is -2.00. The molecule has 1 fully saturated rings. The van der Waals surface area contributed by atoms with Gasteiger partial charge in [-0.3, -0.25) is 4.79 Å². The van der Waals surface area contributed by atoms with Crippen molar-refractivity contribution in [3.63, 3.8) is 0 Å². The van der Waals surface area contributed by atoms with Gasteiger partial charge in [0.2, 0.25) is 5.78 Å². The van der Waals surface area contributed by atoms with Gasteiger partial charge in [-0.15, -0.1) is 0 Å². The second-order valence-electron chi connectivity index (χ2n) is 5.17. The molecule has 1 aliphatic rings. The second-order valence-corrected chi connectivity index (χ2v) is 5.17. The minimum Gasteiger partial charge on any atom is -0.317 e. The maximum Gasteiger partial charge on any atom is 0.211 e. The summed E-state index contributed by atoms with van der Waals surface area (Å²) in [5.74, 6) is 0.473. The molecule has 0 spiro atoms. The minimum absolute atomic E-state index is 0.00128. The molecule has 2 heterocycles. The van der Waals surface area contributed by atoms with E-state index in [4.69, 9.17) is 0 Å². The monoisotopic (exact) mass is 266 g/mol. The number of pyridine rings is 1. The average Bonchev–Trinajstić information content (AvgIpc) is 2.56. The predicted molar refractivity (Wildman–Crippen MR) is 79.0 cm³/mol. The van der Waals surface area contributed by atoms with Crippen LogP contribution in [-0.4, -0.2) is 23.9 Å². The second kappa shape index (κ2) is 5.97. The lowest BCUT2D eigenvalue weighted by atomic mass is 9.94. The number of rotatable bonds is 3. The molecule has 1 N–H and O–H groups in total. The Labute approximate surface area is 119 Å². The number of hydrogen-bond acceptors (Lipinski definition) is 3. The Bertz CT molecular complexity index is 589. The van der Waals surface area contributed by atoms with E-state index < -0.39 is 0 Å². The highest BCUT2D eigenvalue weighted by molar-refractivity contribution is 6.07. The molecular formula is C17H18N2O. The zero-order chi connectivity index (χ0) is 13.8. The lowest BCUT2D eigenvalue weighted by molar-refractivity contribution is 0.103. The predicted octanol–water partition coefficient (Wildman–Crippen LogP) is 2.78. The fourth-order valence-electron chi connectivity index (χ4n) is 2.66. The quantitative estimate of drug-likeness (QED) is 0.869. The molecule has 102 valence electrons. The smallest absolute Gasteiger partial charge is 0.211 e. The van der Waals surface area contributed by atoms with Gasteiger partial charge < -0.3 is 5.32 Å². The summed E-state index contributed by atoms with van der Waals surface area (Å²) in [6, 6.07) is 15.1. The van der Waals surface area contributed by atoms with Crippen molar-refractivity contribution in [1.29, 1.82) is 0 Å². The number of aromatic nitrogens is 1. The molecule has 0 atom stereocenters. The summed E-state index contributed by atoms with van der Waals surface area (Å²) in [5, 5.41) is 3.35. The average molecular weight is 266 g/mol. The molecule has 0 amide bonds. The van der Waals surface area contributed by atoms with Crippen LogP contribution in [0.2, 0.25) is 0 Å². The van der Waals surface area contributed by atoms with Crippen molar-refractivity contribution < 1.29 is 4.79 Å². The van der Waals surface area contributed by atoms with E-state index in [-0.39, 0.29) is 5.78 Å². The molecule has 1 saturated heterocycles. The Morgan fingerprint density at radius 1 is 1.00 bits per heavy atom. The van der Waals surface area contributed by atoms with E-state index in [1.807, 2.05) is 42.5 Å². The summed E-state index contributed by atoms with van der Waals surface area (Å²) < 4.78 is 0. The summed E-state index contributed by atoms with van der Waals surface area (Å²) in [5.41, 5.74) is 2.29. The van der Waals surface area contributed by atoms with Crippen LogP contribution in [0.3, 0.4) is 0 Å². The number of carbonyl (C=O) groups is 1. The van der Waals surface area contributed by atoms with Gasteiger partial charge in [-0.25, -0.2) is 4.98 Å². The third-order valence-corrected chi connectivity index (χ3v) is 3.80. The van der Waals surface area contributed by atoms with Crippen LogP contribution in [0.4, 0.5) is 0 Å². The van der Waals surface area contributed by atoms with Crippen LogP contribution >= 0.6 is 0 Å². The van der Waals surface area contributed by atoms with E-state index in [9.17, 15) is 4.79 Å². The molecule has 3 heteroatoms. The van der Waals surface area contributed by atoms with E-state index in [2.05, 4.69) is 10.3 Å². The largest absolute Gasteiger partial charge is 0.317 e. The molecule has 1 aromatic carbocycles. The Balaban J connectivity index is 1.85. The van der Waals surface area contributed by atoms with Gasteiger partial charge in [0.25, 0.3) is 0 Å². The molecule has 0 saturated carbocycles. The number of nitrogens with one attached hydrogen (secondary N) is 1. The zero-order valence-electron chi connectivity index (χ0n) is 11.4. The van der Waals surface area contributed by atoms with Crippen molar-refractivity contribution >= 4 is 5.78 Å². The lowest BCUT2D eigenvalue weighted by Gasteiger charge is -2.22. The zero-order valence-corrected chi connectivity index (χ0v) is 11.4. The SMILES string of the molecule is O=C(c1ccccc1)c1cccc(C2CCNCC2)n1. The molecule has 20 heavy (non-hydrogen) atoms. The van der Waals surface area contributed by atoms with Crippen molar-refractivity contribution in [2.24, 2.45) is 0 Å². The maximum absolute atomic E-state index is 12.4. The first-order valence-electron chi connectivity index (χ1n) is 7.12. The van der Waals surface area contributed by atoms with Crippen molar-refractivity contribution in [2.45, 2.75) is 18.8 Å². The number of benzene rings is 1. The molecular weight excluding hydrogens is 248 g/mol. The number of nitrogens with zero attached hydrogens (tertiary/aromatic N) is 1. The van der Waals surface area contributed by atoms with Crippen LogP contribution in [-0.2, 0) is 0 Å². The Morgan fingerprint density at radius 3 is 2.50 bits per heavy atom. The number of hydrogen-bond donors (Lipinski definition) is 1. The normalized spacial score (nSPS) is 16.0. The molecule has 1 aliphatic heterocycles. The first-order chi connectivity index (χ1) is 9.84. The van der Waals surface area contributed by atoms with Crippen molar-refractivity contribution in [2.75, 3.05) is 13.1 Å². The molecule has 0 radical (unpaired) electrons. The first kappa shape index (κ1) is 13.0. The van der Waals surface area contributed by atoms with Crippen molar-refractivity contribution in [3.05, 3.63) is 65.5 Å². The molecule has 3 nitrogen and oxygen atoms in total. The maximum atomic E-state index is 12.4. The van der Waals surface area contributed by atoms with E-state index in [1.54, 1.807) is 6.07 Å². The number of ketones is 1. The first-order valence-corrected chi connectivity index (χ1v) is 7.12. The highest BCUT2D eigenvalue weighted by Crippen LogP contribution is 2.23. The van der Waals surface area contributed by atoms with Gasteiger partial charge in [0.15, 0.2) is 0 Å². The van der Waals surface area contributed by atoms with Gasteiger partial charge in [0.05, 0.1) is 0 Å². The van der Waals surface area contributed by atoms with Gasteiger partial charge in [0, 0.05) is 17.2 Å². The lowest BCUT2D eigenvalue weighted by Crippen LogP contribution is -2.27. The standard InChI is InChI=1S/C17H18N2O/c20-17(14-5-2-1-3-6-14)16-8-4-7-15(19-16)13-9-11-18-12-10-13/h1-8,13,18H,9-12H2. The van der Waals surface area contributed by atoms with Gasteiger partial charge >= 0.3 is 0 Å². The van der Waals surface area contributed by atoms with E-state index >= 15 is 0 Å². The third-order valence-electron chi connectivity index (χ3n) is 3.80. The Kier molecular flexibility index (Phi) is 3.88. The van der Waals surface area contributed by atoms with Crippen molar-refractivity contribution in [3.8, 4) is 0 Å². The molecule has 0 unspecified atom stereocenters. The molecule has 0 bridgehead atoms. The third kappa shape index (κ3) is 2.78. The van der Waals surface area contributed by atoms with Gasteiger partial charge in [-0.1, -0.05) is 36.4 Å². The number of carbonyl (C=O) groups excluding carboxylic acids is 1. The topological polar surface area (TPSA) is 42.0 Å². The highest BCUT2D eigenvalue weighted by atomic mass is 16.1. The van der Waals surface area contributed by atoms with E-state index in [0.717, 1.165) is 31.6 Å². The van der Waals surface area contributed by atoms with Crippen LogP contribution in [0, 0.1) is 0 Å². The highest BCUT2D eigenvalue weighted by Gasteiger charge is 2.18. The van der Waals surface area contributed by atoms with Gasteiger partial charge in [-0.2, -0.15) is 0 Å². The number of piperidine rings is 1.